The molecule has 306 valence electrons. The van der Waals surface area contributed by atoms with E-state index in [9.17, 15) is 24.0 Å². The molecule has 56 heavy (non-hydrogen) atoms. The highest BCUT2D eigenvalue weighted by Crippen LogP contribution is 2.42. The number of benzene rings is 1. The number of halogens is 1. The second-order valence-electron chi connectivity index (χ2n) is 18.4. The van der Waals surface area contributed by atoms with E-state index in [2.05, 4.69) is 10.5 Å². The van der Waals surface area contributed by atoms with Gasteiger partial charge in [-0.15, -0.1) is 0 Å². The first kappa shape index (κ1) is 42.0. The number of nitrogens with zero attached hydrogens (tertiary/aromatic N) is 3. The van der Waals surface area contributed by atoms with Crippen LogP contribution in [0.3, 0.4) is 0 Å². The quantitative estimate of drug-likeness (QED) is 0.180. The van der Waals surface area contributed by atoms with Gasteiger partial charge in [-0.25, -0.2) is 0 Å². The van der Waals surface area contributed by atoms with Crippen molar-refractivity contribution in [2.45, 2.75) is 148 Å². The highest BCUT2D eigenvalue weighted by molar-refractivity contribution is 6.38. The molecule has 0 bridgehead atoms. The number of Topliss-reactive ketones (excluding diaryl/α,β-unsaturated/α-hetero) is 3. The molecule has 1 N–H and O–H groups in total. The maximum atomic E-state index is 15.0. The van der Waals surface area contributed by atoms with Gasteiger partial charge in [-0.05, 0) is 74.3 Å². The maximum absolute atomic E-state index is 15.0. The number of amides is 3. The Kier molecular flexibility index (Phi) is 13.4. The minimum Gasteiger partial charge on any atom is -0.387 e. The summed E-state index contributed by atoms with van der Waals surface area (Å²) in [6, 6.07) is 5.30. The summed E-state index contributed by atoms with van der Waals surface area (Å²) in [5.74, 6) is -3.00. The summed E-state index contributed by atoms with van der Waals surface area (Å²) in [6.07, 6.45) is 10.3. The zero-order valence-corrected chi connectivity index (χ0v) is 34.5. The third-order valence-electron chi connectivity index (χ3n) is 12.8. The number of hydrogen-bond acceptors (Lipinski definition) is 8. The van der Waals surface area contributed by atoms with Crippen LogP contribution in [0.15, 0.2) is 29.4 Å². The van der Waals surface area contributed by atoms with Gasteiger partial charge >= 0.3 is 0 Å². The van der Waals surface area contributed by atoms with Gasteiger partial charge in [0, 0.05) is 67.6 Å². The van der Waals surface area contributed by atoms with E-state index in [1.54, 1.807) is 12.1 Å². The molecule has 5 aliphatic rings. The first-order valence-electron chi connectivity index (χ1n) is 21.2. The highest BCUT2D eigenvalue weighted by Gasteiger charge is 2.55. The van der Waals surface area contributed by atoms with E-state index >= 15 is 4.79 Å². The zero-order chi connectivity index (χ0) is 40.2. The van der Waals surface area contributed by atoms with Crippen molar-refractivity contribution in [1.29, 1.82) is 0 Å². The van der Waals surface area contributed by atoms with Gasteiger partial charge in [0.1, 0.15) is 6.04 Å². The Balaban J connectivity index is 1.26. The lowest BCUT2D eigenvalue weighted by Crippen LogP contribution is -2.58. The van der Waals surface area contributed by atoms with E-state index in [0.717, 1.165) is 63.4 Å². The molecule has 2 saturated heterocycles. The Hall–Kier alpha value is -3.60. The molecule has 11 nitrogen and oxygen atoms in total. The van der Waals surface area contributed by atoms with Crippen molar-refractivity contribution in [1.82, 2.24) is 15.1 Å². The van der Waals surface area contributed by atoms with Crippen LogP contribution in [0.25, 0.3) is 0 Å². The van der Waals surface area contributed by atoms with Crippen LogP contribution in [0.1, 0.15) is 136 Å². The maximum Gasteiger partial charge on any atom is 0.246 e. The van der Waals surface area contributed by atoms with Crippen LogP contribution in [0.5, 0.6) is 0 Å². The van der Waals surface area contributed by atoms with Crippen molar-refractivity contribution < 1.29 is 33.6 Å². The second kappa shape index (κ2) is 17.9. The Bertz CT molecular complexity index is 1690. The predicted molar refractivity (Wildman–Crippen MR) is 214 cm³/mol. The van der Waals surface area contributed by atoms with Gasteiger partial charge in [0.2, 0.25) is 23.5 Å². The molecule has 1 spiro atoms. The average molecular weight is 793 g/mol. The number of oxime groups is 1. The number of ketones is 3. The number of likely N-dealkylation sites (tertiary alicyclic amines) is 2. The molecule has 3 heterocycles. The van der Waals surface area contributed by atoms with E-state index in [4.69, 9.17) is 16.4 Å². The van der Waals surface area contributed by atoms with Gasteiger partial charge in [-0.2, -0.15) is 0 Å². The largest absolute Gasteiger partial charge is 0.387 e. The van der Waals surface area contributed by atoms with Crippen LogP contribution < -0.4 is 5.32 Å². The third-order valence-corrected chi connectivity index (χ3v) is 13.0. The van der Waals surface area contributed by atoms with E-state index in [1.165, 1.54) is 4.90 Å². The Morgan fingerprint density at radius 3 is 2.34 bits per heavy atom. The molecule has 0 aromatic heterocycles. The standard InChI is InChI=1S/C44H61ClN4O7/c1-5-12-31(39(53)37(51)21-28-17-18-28)23-36(50)35-26-44(25-34(47-56-44)30-15-11-16-32(45)22-30)27-49(35)42(55)40(43(2,3)4)46-41(54)33(29-13-7-6-8-14-29)24-38(52)48-19-9-10-20-48/h11,15-16,22,28-29,31,33,35,40H,5-10,12-14,17-21,23-27H2,1-4H3,(H,46,54)/t31-,33+,35+,40-,44-/m1/s1. The summed E-state index contributed by atoms with van der Waals surface area (Å²) in [7, 11) is 0. The van der Waals surface area contributed by atoms with Crippen molar-refractivity contribution in [3.63, 3.8) is 0 Å². The summed E-state index contributed by atoms with van der Waals surface area (Å²) in [5, 5.41) is 8.10. The minimum atomic E-state index is -1.02. The number of nitrogens with one attached hydrogen (secondary N) is 1. The molecule has 0 radical (unpaired) electrons. The van der Waals surface area contributed by atoms with E-state index < -0.39 is 52.4 Å². The fraction of sp³-hybridized carbons (Fsp3) is 0.705. The van der Waals surface area contributed by atoms with Crippen LogP contribution in [0.2, 0.25) is 5.02 Å². The molecule has 3 amide bonds. The SMILES string of the molecule is CCC[C@H](CC(=O)[C@@H]1C[C@]2(CC(c3cccc(Cl)c3)=NO2)CN1C(=O)[C@@H](NC(=O)[C@@H](CC(=O)N1CCCC1)C1CCCCC1)C(C)(C)C)C(=O)C(=O)CC1CC1. The molecule has 12 heteroatoms. The molecule has 1 aromatic carbocycles. The molecular formula is C44H61ClN4O7. The van der Waals surface area contributed by atoms with Crippen LogP contribution in [0.4, 0.5) is 0 Å². The van der Waals surface area contributed by atoms with Crippen molar-refractivity contribution >= 4 is 52.4 Å². The third kappa shape index (κ3) is 10.1. The van der Waals surface area contributed by atoms with Crippen molar-refractivity contribution in [3.8, 4) is 0 Å². The fourth-order valence-electron chi connectivity index (χ4n) is 9.33. The molecular weight excluding hydrogens is 732 g/mol. The van der Waals surface area contributed by atoms with Crippen LogP contribution >= 0.6 is 11.6 Å². The van der Waals surface area contributed by atoms with Gasteiger partial charge in [-0.1, -0.05) is 82.3 Å². The van der Waals surface area contributed by atoms with Crippen molar-refractivity contribution in [2.24, 2.45) is 34.2 Å². The Labute approximate surface area is 337 Å². The summed E-state index contributed by atoms with van der Waals surface area (Å²) < 4.78 is 0. The van der Waals surface area contributed by atoms with Gasteiger partial charge in [0.05, 0.1) is 18.3 Å². The summed E-state index contributed by atoms with van der Waals surface area (Å²) in [4.78, 5) is 93.4. The fourth-order valence-corrected chi connectivity index (χ4v) is 9.52. The molecule has 3 aliphatic heterocycles. The molecule has 2 aliphatic carbocycles. The van der Waals surface area contributed by atoms with E-state index in [0.29, 0.717) is 43.1 Å². The molecule has 4 fully saturated rings. The smallest absolute Gasteiger partial charge is 0.246 e. The number of rotatable bonds is 16. The monoisotopic (exact) mass is 792 g/mol. The Morgan fingerprint density at radius 2 is 1.70 bits per heavy atom. The zero-order valence-electron chi connectivity index (χ0n) is 33.8. The van der Waals surface area contributed by atoms with Crippen molar-refractivity contribution in [2.75, 3.05) is 19.6 Å². The second-order valence-corrected chi connectivity index (χ2v) is 18.8. The topological polar surface area (TPSA) is 143 Å². The first-order valence-corrected chi connectivity index (χ1v) is 21.5. The van der Waals surface area contributed by atoms with Gasteiger partial charge in [0.15, 0.2) is 17.2 Å². The van der Waals surface area contributed by atoms with Crippen LogP contribution in [-0.2, 0) is 33.6 Å². The number of carbonyl (C=O) groups is 6. The highest BCUT2D eigenvalue weighted by atomic mass is 35.5. The Morgan fingerprint density at radius 1 is 0.982 bits per heavy atom. The van der Waals surface area contributed by atoms with Crippen molar-refractivity contribution in [3.05, 3.63) is 34.9 Å². The van der Waals surface area contributed by atoms with E-state index in [-0.39, 0.29) is 61.7 Å². The lowest BCUT2D eigenvalue weighted by Gasteiger charge is -2.37. The van der Waals surface area contributed by atoms with E-state index in [1.807, 2.05) is 44.7 Å². The van der Waals surface area contributed by atoms with Gasteiger partial charge in [0.25, 0.3) is 0 Å². The minimum absolute atomic E-state index is 0.0142. The average Bonchev–Trinajstić information content (AvgIpc) is 3.52. The summed E-state index contributed by atoms with van der Waals surface area (Å²) >= 11 is 6.31. The number of carbonyl (C=O) groups excluding carboxylic acids is 6. The van der Waals surface area contributed by atoms with Gasteiger partial charge in [-0.3, -0.25) is 28.8 Å². The molecule has 0 unspecified atom stereocenters. The predicted octanol–water partition coefficient (Wildman–Crippen LogP) is 6.86. The summed E-state index contributed by atoms with van der Waals surface area (Å²) in [6.45, 7) is 9.04. The molecule has 2 saturated carbocycles. The van der Waals surface area contributed by atoms with Gasteiger partial charge < -0.3 is 20.0 Å². The van der Waals surface area contributed by atoms with Crippen LogP contribution in [0, 0.1) is 29.1 Å². The number of hydrogen-bond donors (Lipinski definition) is 1. The first-order chi connectivity index (χ1) is 26.7. The lowest BCUT2D eigenvalue weighted by atomic mass is 9.77. The lowest BCUT2D eigenvalue weighted by molar-refractivity contribution is -0.146. The molecule has 6 rings (SSSR count). The molecule has 1 aromatic rings. The summed E-state index contributed by atoms with van der Waals surface area (Å²) in [5.41, 5.74) is -0.349. The molecule has 5 atom stereocenters. The normalized spacial score (nSPS) is 24.4. The van der Waals surface area contributed by atoms with Crippen LogP contribution in [-0.4, -0.2) is 87.9 Å².